The fraction of sp³-hybridized carbons (Fsp3) is 0.0909. The van der Waals surface area contributed by atoms with E-state index in [0.29, 0.717) is 22.7 Å². The Morgan fingerprint density at radius 3 is 2.77 bits per heavy atom. The number of nitrogens with one attached hydrogen (secondary N) is 2. The van der Waals surface area contributed by atoms with E-state index < -0.39 is 0 Å². The highest BCUT2D eigenvalue weighted by atomic mass is 32.1. The van der Waals surface area contributed by atoms with Crippen molar-refractivity contribution in [1.82, 2.24) is 34.7 Å². The number of pyridine rings is 1. The highest BCUT2D eigenvalue weighted by Crippen LogP contribution is 2.34. The summed E-state index contributed by atoms with van der Waals surface area (Å²) in [5.41, 5.74) is 5.85. The van der Waals surface area contributed by atoms with Gasteiger partial charge in [-0.2, -0.15) is 9.49 Å². The molecule has 7 nitrogen and oxygen atoms in total. The molecule has 31 heavy (non-hydrogen) atoms. The van der Waals surface area contributed by atoms with E-state index >= 15 is 0 Å². The Morgan fingerprint density at radius 1 is 1.10 bits per heavy atom. The molecule has 2 N–H and O–H groups in total. The summed E-state index contributed by atoms with van der Waals surface area (Å²) in [5.74, 6) is 1.56. The van der Waals surface area contributed by atoms with Crippen molar-refractivity contribution in [2.24, 2.45) is 7.05 Å². The molecule has 6 rings (SSSR count). The minimum atomic E-state index is -0.230. The molecule has 0 aliphatic rings. The van der Waals surface area contributed by atoms with E-state index in [0.717, 1.165) is 49.8 Å². The zero-order chi connectivity index (χ0) is 21.1. The van der Waals surface area contributed by atoms with Crippen LogP contribution in [0.25, 0.3) is 55.3 Å². The van der Waals surface area contributed by atoms with Crippen molar-refractivity contribution in [1.29, 1.82) is 0 Å². The maximum absolute atomic E-state index is 13.6. The van der Waals surface area contributed by atoms with Gasteiger partial charge in [0, 0.05) is 34.6 Å². The Hall–Kier alpha value is -3.85. The van der Waals surface area contributed by atoms with E-state index in [1.165, 1.54) is 6.07 Å². The number of nitrogens with zero attached hydrogens (tertiary/aromatic N) is 5. The maximum atomic E-state index is 13.6. The summed E-state index contributed by atoms with van der Waals surface area (Å²) in [6, 6.07) is 11.2. The number of imidazole rings is 2. The lowest BCUT2D eigenvalue weighted by molar-refractivity contribution is 0.657. The lowest BCUT2D eigenvalue weighted by atomic mass is 10.1. The van der Waals surface area contributed by atoms with Crippen molar-refractivity contribution >= 4 is 33.4 Å². The van der Waals surface area contributed by atoms with Gasteiger partial charge in [-0.25, -0.2) is 15.0 Å². The number of fused-ring (bicyclic) bond motifs is 2. The van der Waals surface area contributed by atoms with E-state index in [1.807, 2.05) is 38.4 Å². The summed E-state index contributed by atoms with van der Waals surface area (Å²) in [4.78, 5) is 17.7. The molecule has 0 radical (unpaired) electrons. The van der Waals surface area contributed by atoms with Crippen molar-refractivity contribution in [2.45, 2.75) is 6.92 Å². The molecule has 0 fully saturated rings. The van der Waals surface area contributed by atoms with Crippen LogP contribution in [0.1, 0.15) is 5.82 Å². The fourth-order valence-corrected chi connectivity index (χ4v) is 4.56. The van der Waals surface area contributed by atoms with Crippen molar-refractivity contribution < 1.29 is 4.39 Å². The van der Waals surface area contributed by atoms with Gasteiger partial charge in [-0.15, -0.1) is 11.3 Å². The zero-order valence-electron chi connectivity index (χ0n) is 16.6. The molecule has 0 amide bonds. The van der Waals surface area contributed by atoms with Crippen LogP contribution < -0.4 is 0 Å². The largest absolute Gasteiger partial charge is 0.331 e. The molecular weight excluding hydrogens is 413 g/mol. The molecule has 0 saturated heterocycles. The second-order valence-electron chi connectivity index (χ2n) is 7.33. The Labute approximate surface area is 179 Å². The van der Waals surface area contributed by atoms with Crippen LogP contribution in [0.3, 0.4) is 0 Å². The third-order valence-electron chi connectivity index (χ3n) is 5.53. The van der Waals surface area contributed by atoms with E-state index in [1.54, 1.807) is 12.3 Å². The highest BCUT2D eigenvalue weighted by molar-refractivity contribution is 7.14. The summed E-state index contributed by atoms with van der Waals surface area (Å²) >= 11 is 1.09. The van der Waals surface area contributed by atoms with Gasteiger partial charge in [-0.1, -0.05) is 6.07 Å². The molecule has 0 spiro atoms. The van der Waals surface area contributed by atoms with Gasteiger partial charge < -0.3 is 9.55 Å². The first kappa shape index (κ1) is 18.0. The average Bonchev–Trinajstić information content (AvgIpc) is 3.54. The molecule has 9 heteroatoms. The molecule has 5 heterocycles. The Bertz CT molecular complexity index is 1590. The smallest absolute Gasteiger partial charge is 0.176 e. The Morgan fingerprint density at radius 2 is 2.00 bits per heavy atom. The van der Waals surface area contributed by atoms with Crippen LogP contribution in [0.4, 0.5) is 4.39 Å². The normalized spacial score (nSPS) is 11.7. The minimum Gasteiger partial charge on any atom is -0.331 e. The van der Waals surface area contributed by atoms with Crippen LogP contribution in [0.5, 0.6) is 0 Å². The lowest BCUT2D eigenvalue weighted by Crippen LogP contribution is -1.94. The number of hydrogen-bond donors (Lipinski definition) is 2. The molecule has 0 bridgehead atoms. The van der Waals surface area contributed by atoms with Crippen LogP contribution in [-0.2, 0) is 7.05 Å². The summed E-state index contributed by atoms with van der Waals surface area (Å²) in [7, 11) is 2.00. The summed E-state index contributed by atoms with van der Waals surface area (Å²) < 4.78 is 15.6. The van der Waals surface area contributed by atoms with E-state index in [4.69, 9.17) is 4.98 Å². The summed E-state index contributed by atoms with van der Waals surface area (Å²) in [6.45, 7) is 1.98. The molecule has 0 atom stereocenters. The van der Waals surface area contributed by atoms with Gasteiger partial charge in [0.15, 0.2) is 16.6 Å². The second-order valence-corrected chi connectivity index (χ2v) is 8.36. The number of halogens is 1. The molecule has 0 unspecified atom stereocenters. The fourth-order valence-electron chi connectivity index (χ4n) is 3.80. The second kappa shape index (κ2) is 6.58. The monoisotopic (exact) mass is 429 g/mol. The van der Waals surface area contributed by atoms with Crippen LogP contribution in [0.15, 0.2) is 48.8 Å². The van der Waals surface area contributed by atoms with Gasteiger partial charge in [-0.05, 0) is 37.3 Å². The van der Waals surface area contributed by atoms with Crippen molar-refractivity contribution in [3.63, 3.8) is 0 Å². The number of aromatic amines is 2. The van der Waals surface area contributed by atoms with Crippen molar-refractivity contribution in [3.05, 3.63) is 59.7 Å². The number of benzene rings is 1. The topological polar surface area (TPSA) is 88.1 Å². The van der Waals surface area contributed by atoms with Gasteiger partial charge >= 0.3 is 0 Å². The van der Waals surface area contributed by atoms with Gasteiger partial charge in [0.05, 0.1) is 17.4 Å². The highest BCUT2D eigenvalue weighted by Gasteiger charge is 2.17. The van der Waals surface area contributed by atoms with Crippen LogP contribution >= 0.6 is 11.3 Å². The first-order chi connectivity index (χ1) is 15.1. The standard InChI is InChI=1S/C22H16FN7S/c1-11-25-10-16(30(11)2)12-3-4-15-14(9-12)20(29-28-15)22-26-19-13(7-8-24-21(19)27-22)17-5-6-18(23)31-17/h3-10H,1-2H3,(H,28,29)(H,24,26,27). The van der Waals surface area contributed by atoms with E-state index in [9.17, 15) is 4.39 Å². The van der Waals surface area contributed by atoms with Gasteiger partial charge in [0.1, 0.15) is 17.0 Å². The first-order valence-corrected chi connectivity index (χ1v) is 10.5. The molecule has 152 valence electrons. The summed E-state index contributed by atoms with van der Waals surface area (Å²) in [6.07, 6.45) is 3.57. The van der Waals surface area contributed by atoms with Crippen LogP contribution in [-0.4, -0.2) is 34.7 Å². The van der Waals surface area contributed by atoms with Gasteiger partial charge in [0.25, 0.3) is 0 Å². The Kier molecular flexibility index (Phi) is 3.81. The number of thiophene rings is 1. The predicted molar refractivity (Wildman–Crippen MR) is 119 cm³/mol. The number of hydrogen-bond acceptors (Lipinski definition) is 5. The van der Waals surface area contributed by atoms with Crippen molar-refractivity contribution in [2.75, 3.05) is 0 Å². The third-order valence-corrected chi connectivity index (χ3v) is 6.43. The van der Waals surface area contributed by atoms with E-state index in [2.05, 4.69) is 35.8 Å². The van der Waals surface area contributed by atoms with Crippen LogP contribution in [0, 0.1) is 12.1 Å². The minimum absolute atomic E-state index is 0.230. The SMILES string of the molecule is Cc1ncc(-c2ccc3[nH]nc(-c4nc5c(-c6ccc(F)s6)ccnc5[nH]4)c3c2)n1C. The van der Waals surface area contributed by atoms with Gasteiger partial charge in [-0.3, -0.25) is 5.10 Å². The quantitative estimate of drug-likeness (QED) is 0.411. The average molecular weight is 429 g/mol. The third kappa shape index (κ3) is 2.77. The summed E-state index contributed by atoms with van der Waals surface area (Å²) in [5, 5.41) is 8.30. The number of aryl methyl sites for hydroxylation is 1. The van der Waals surface area contributed by atoms with E-state index in [-0.39, 0.29) is 5.13 Å². The zero-order valence-corrected chi connectivity index (χ0v) is 17.5. The first-order valence-electron chi connectivity index (χ1n) is 9.66. The van der Waals surface area contributed by atoms with Gasteiger partial charge in [0.2, 0.25) is 0 Å². The maximum Gasteiger partial charge on any atom is 0.176 e. The molecule has 1 aromatic carbocycles. The predicted octanol–water partition coefficient (Wildman–Crippen LogP) is 5.08. The molecular formula is C22H16FN7S. The van der Waals surface area contributed by atoms with Crippen LogP contribution in [0.2, 0.25) is 0 Å². The van der Waals surface area contributed by atoms with Crippen molar-refractivity contribution in [3.8, 4) is 33.2 Å². The molecule has 5 aromatic heterocycles. The molecule has 0 saturated carbocycles. The Balaban J connectivity index is 1.52. The number of aromatic nitrogens is 7. The molecule has 6 aromatic rings. The molecule has 0 aliphatic carbocycles. The lowest BCUT2D eigenvalue weighted by Gasteiger charge is -2.04. The number of rotatable bonds is 3. The number of H-pyrrole nitrogens is 2. The molecule has 0 aliphatic heterocycles.